The standard InChI is InChI=1S/C17H13ClN2O3/c18-14-4-2-1-3-13(14)9-15(17(22)23)20-16(21)12-7-5-11(10-19)6-8-12/h1-8,15H,9H2,(H,20,21)(H,22,23)/t15-/m1/s1. The highest BCUT2D eigenvalue weighted by Crippen LogP contribution is 2.17. The molecule has 116 valence electrons. The molecule has 0 fully saturated rings. The molecule has 0 aliphatic rings. The number of nitrogens with one attached hydrogen (secondary N) is 1. The van der Waals surface area contributed by atoms with E-state index in [1.165, 1.54) is 24.3 Å². The number of hydrogen-bond acceptors (Lipinski definition) is 3. The number of rotatable bonds is 5. The first-order valence-electron chi connectivity index (χ1n) is 6.78. The second-order valence-corrected chi connectivity index (χ2v) is 5.26. The molecule has 1 atom stereocenters. The van der Waals surface area contributed by atoms with Crippen molar-refractivity contribution in [3.8, 4) is 6.07 Å². The summed E-state index contributed by atoms with van der Waals surface area (Å²) in [5.41, 5.74) is 1.35. The highest BCUT2D eigenvalue weighted by molar-refractivity contribution is 6.31. The summed E-state index contributed by atoms with van der Waals surface area (Å²) in [5.74, 6) is -1.67. The van der Waals surface area contributed by atoms with Crippen molar-refractivity contribution in [2.24, 2.45) is 0 Å². The number of nitrogens with zero attached hydrogens (tertiary/aromatic N) is 1. The third-order valence-corrected chi connectivity index (χ3v) is 3.63. The smallest absolute Gasteiger partial charge is 0.326 e. The molecule has 0 bridgehead atoms. The quantitative estimate of drug-likeness (QED) is 0.882. The Morgan fingerprint density at radius 3 is 2.39 bits per heavy atom. The van der Waals surface area contributed by atoms with E-state index in [9.17, 15) is 14.7 Å². The van der Waals surface area contributed by atoms with E-state index in [2.05, 4.69) is 5.32 Å². The van der Waals surface area contributed by atoms with Crippen LogP contribution in [0.4, 0.5) is 0 Å². The van der Waals surface area contributed by atoms with Crippen LogP contribution in [0.3, 0.4) is 0 Å². The number of benzene rings is 2. The van der Waals surface area contributed by atoms with Crippen molar-refractivity contribution in [3.05, 3.63) is 70.2 Å². The molecule has 2 rings (SSSR count). The molecule has 0 unspecified atom stereocenters. The van der Waals surface area contributed by atoms with Crippen LogP contribution in [0, 0.1) is 11.3 Å². The van der Waals surface area contributed by atoms with Gasteiger partial charge in [-0.05, 0) is 35.9 Å². The summed E-state index contributed by atoms with van der Waals surface area (Å²) in [6, 6.07) is 13.7. The van der Waals surface area contributed by atoms with Gasteiger partial charge < -0.3 is 10.4 Å². The van der Waals surface area contributed by atoms with Gasteiger partial charge in [-0.15, -0.1) is 0 Å². The predicted octanol–water partition coefficient (Wildman–Crippen LogP) is 2.64. The summed E-state index contributed by atoms with van der Waals surface area (Å²) in [4.78, 5) is 23.5. The van der Waals surface area contributed by atoms with Gasteiger partial charge in [-0.3, -0.25) is 4.79 Å². The molecule has 23 heavy (non-hydrogen) atoms. The van der Waals surface area contributed by atoms with Gasteiger partial charge in [0.25, 0.3) is 5.91 Å². The van der Waals surface area contributed by atoms with Crippen molar-refractivity contribution in [1.82, 2.24) is 5.32 Å². The zero-order valence-electron chi connectivity index (χ0n) is 12.0. The normalized spacial score (nSPS) is 11.3. The van der Waals surface area contributed by atoms with Crippen LogP contribution in [0.25, 0.3) is 0 Å². The van der Waals surface area contributed by atoms with Crippen LogP contribution < -0.4 is 5.32 Å². The Morgan fingerprint density at radius 2 is 1.83 bits per heavy atom. The van der Waals surface area contributed by atoms with Crippen LogP contribution in [-0.4, -0.2) is 23.0 Å². The molecule has 0 radical (unpaired) electrons. The Hall–Kier alpha value is -2.84. The van der Waals surface area contributed by atoms with E-state index in [1.54, 1.807) is 24.3 Å². The Labute approximate surface area is 138 Å². The number of nitriles is 1. The van der Waals surface area contributed by atoms with Crippen LogP contribution in [0.1, 0.15) is 21.5 Å². The maximum absolute atomic E-state index is 12.1. The van der Waals surface area contributed by atoms with Crippen molar-refractivity contribution in [3.63, 3.8) is 0 Å². The van der Waals surface area contributed by atoms with Crippen LogP contribution in [0.2, 0.25) is 5.02 Å². The maximum atomic E-state index is 12.1. The lowest BCUT2D eigenvalue weighted by Crippen LogP contribution is -2.42. The number of carboxylic acid groups (broad SMARTS) is 1. The summed E-state index contributed by atoms with van der Waals surface area (Å²) >= 11 is 6.02. The Kier molecular flexibility index (Phi) is 5.34. The van der Waals surface area contributed by atoms with E-state index in [4.69, 9.17) is 16.9 Å². The zero-order valence-corrected chi connectivity index (χ0v) is 12.7. The molecule has 0 heterocycles. The van der Waals surface area contributed by atoms with Gasteiger partial charge in [0.2, 0.25) is 0 Å². The lowest BCUT2D eigenvalue weighted by Gasteiger charge is -2.15. The van der Waals surface area contributed by atoms with Crippen LogP contribution in [0.15, 0.2) is 48.5 Å². The summed E-state index contributed by atoms with van der Waals surface area (Å²) < 4.78 is 0. The van der Waals surface area contributed by atoms with Crippen LogP contribution >= 0.6 is 11.6 Å². The first-order valence-corrected chi connectivity index (χ1v) is 7.16. The molecule has 1 amide bonds. The zero-order chi connectivity index (χ0) is 16.8. The van der Waals surface area contributed by atoms with Crippen molar-refractivity contribution in [2.75, 3.05) is 0 Å². The maximum Gasteiger partial charge on any atom is 0.326 e. The second kappa shape index (κ2) is 7.43. The van der Waals surface area contributed by atoms with Crippen LogP contribution in [-0.2, 0) is 11.2 Å². The summed E-state index contributed by atoms with van der Waals surface area (Å²) in [7, 11) is 0. The lowest BCUT2D eigenvalue weighted by atomic mass is 10.0. The van der Waals surface area contributed by atoms with Gasteiger partial charge >= 0.3 is 5.97 Å². The van der Waals surface area contributed by atoms with E-state index in [0.717, 1.165) is 0 Å². The second-order valence-electron chi connectivity index (χ2n) is 4.85. The molecule has 6 heteroatoms. The number of carboxylic acids is 1. The molecule has 0 aliphatic heterocycles. The molecule has 0 saturated heterocycles. The average Bonchev–Trinajstić information content (AvgIpc) is 2.56. The predicted molar refractivity (Wildman–Crippen MR) is 85.2 cm³/mol. The van der Waals surface area contributed by atoms with Gasteiger partial charge in [-0.25, -0.2) is 4.79 Å². The fraction of sp³-hybridized carbons (Fsp3) is 0.118. The third kappa shape index (κ3) is 4.31. The van der Waals surface area contributed by atoms with Crippen LogP contribution in [0.5, 0.6) is 0 Å². The van der Waals surface area contributed by atoms with Gasteiger partial charge in [0.15, 0.2) is 0 Å². The van der Waals surface area contributed by atoms with Gasteiger partial charge in [-0.2, -0.15) is 5.26 Å². The minimum absolute atomic E-state index is 0.0804. The van der Waals surface area contributed by atoms with Crippen molar-refractivity contribution in [2.45, 2.75) is 12.5 Å². The molecular weight excluding hydrogens is 316 g/mol. The van der Waals surface area contributed by atoms with Gasteiger partial charge in [0.05, 0.1) is 11.6 Å². The van der Waals surface area contributed by atoms with E-state index in [0.29, 0.717) is 16.1 Å². The highest BCUT2D eigenvalue weighted by atomic mass is 35.5. The van der Waals surface area contributed by atoms with E-state index < -0.39 is 17.9 Å². The molecule has 2 aromatic rings. The number of halogens is 1. The first kappa shape index (κ1) is 16.5. The molecule has 2 N–H and O–H groups in total. The highest BCUT2D eigenvalue weighted by Gasteiger charge is 2.22. The topological polar surface area (TPSA) is 90.2 Å². The molecule has 0 aliphatic carbocycles. The van der Waals surface area contributed by atoms with Gasteiger partial charge in [0.1, 0.15) is 6.04 Å². The molecule has 5 nitrogen and oxygen atoms in total. The molecule has 0 spiro atoms. The molecular formula is C17H13ClN2O3. The van der Waals surface area contributed by atoms with Crippen molar-refractivity contribution in [1.29, 1.82) is 5.26 Å². The van der Waals surface area contributed by atoms with E-state index >= 15 is 0 Å². The van der Waals surface area contributed by atoms with E-state index in [1.807, 2.05) is 6.07 Å². The fourth-order valence-corrected chi connectivity index (χ4v) is 2.23. The minimum atomic E-state index is -1.15. The number of aliphatic carboxylic acids is 1. The Bertz CT molecular complexity index is 766. The number of carbonyl (C=O) groups is 2. The largest absolute Gasteiger partial charge is 0.480 e. The average molecular weight is 329 g/mol. The minimum Gasteiger partial charge on any atom is -0.480 e. The summed E-state index contributed by atoms with van der Waals surface area (Å²) in [6.45, 7) is 0. The summed E-state index contributed by atoms with van der Waals surface area (Å²) in [5, 5.41) is 21.0. The Balaban J connectivity index is 2.13. The fourth-order valence-electron chi connectivity index (χ4n) is 2.02. The lowest BCUT2D eigenvalue weighted by molar-refractivity contribution is -0.139. The monoisotopic (exact) mass is 328 g/mol. The van der Waals surface area contributed by atoms with Gasteiger partial charge in [-0.1, -0.05) is 29.8 Å². The number of carbonyl (C=O) groups excluding carboxylic acids is 1. The third-order valence-electron chi connectivity index (χ3n) is 3.26. The molecule has 2 aromatic carbocycles. The SMILES string of the molecule is N#Cc1ccc(C(=O)N[C@H](Cc2ccccc2Cl)C(=O)O)cc1. The number of hydrogen-bond donors (Lipinski definition) is 2. The number of amides is 1. The molecule has 0 aromatic heterocycles. The van der Waals surface area contributed by atoms with Gasteiger partial charge in [0, 0.05) is 17.0 Å². The first-order chi connectivity index (χ1) is 11.0. The summed E-state index contributed by atoms with van der Waals surface area (Å²) in [6.07, 6.45) is 0.0804. The Morgan fingerprint density at radius 1 is 1.17 bits per heavy atom. The van der Waals surface area contributed by atoms with E-state index in [-0.39, 0.29) is 12.0 Å². The van der Waals surface area contributed by atoms with Crippen molar-refractivity contribution < 1.29 is 14.7 Å². The van der Waals surface area contributed by atoms with Crippen molar-refractivity contribution >= 4 is 23.5 Å². The molecule has 0 saturated carbocycles.